The number of aromatic nitrogens is 1. The number of alkyl halides is 5. The molecule has 2 heterocycles. The molecule has 0 radical (unpaired) electrons. The summed E-state index contributed by atoms with van der Waals surface area (Å²) in [5, 5.41) is 3.09. The zero-order valence-corrected chi connectivity index (χ0v) is 15.2. The second-order valence-electron chi connectivity index (χ2n) is 6.30. The molecule has 28 heavy (non-hydrogen) atoms. The number of nitrogens with zero attached hydrogens (tertiary/aromatic N) is 2. The first-order valence-corrected chi connectivity index (χ1v) is 9.82. The van der Waals surface area contributed by atoms with Gasteiger partial charge in [0, 0.05) is 24.4 Å². The first kappa shape index (κ1) is 20.2. The molecule has 1 N–H and O–H groups in total. The number of hydrogen-bond acceptors (Lipinski definition) is 5. The molecule has 1 unspecified atom stereocenters. The Labute approximate surface area is 157 Å². The first-order chi connectivity index (χ1) is 12.9. The molecule has 1 aromatic carbocycles. The maximum absolute atomic E-state index is 13.5. The topological polar surface area (TPSA) is 71.4 Å². The van der Waals surface area contributed by atoms with Gasteiger partial charge in [-0.3, -0.25) is 0 Å². The van der Waals surface area contributed by atoms with Crippen LogP contribution in [-0.4, -0.2) is 37.5 Å². The zero-order chi connectivity index (χ0) is 20.7. The lowest BCUT2D eigenvalue weighted by atomic mass is 9.96. The first-order valence-electron chi connectivity index (χ1n) is 7.93. The average Bonchev–Trinajstić information content (AvgIpc) is 3.11. The van der Waals surface area contributed by atoms with Gasteiger partial charge in [0.1, 0.15) is 5.71 Å². The Kier molecular flexibility index (Phi) is 4.90. The number of pyridine rings is 1. The molecule has 5 nitrogen and oxygen atoms in total. The SMILES string of the molecule is CS(=O)(=O)c1ccc(-c2cccc(C3CC(C(F)(F)C(F)(F)F)=NN3)c2)cn1. The van der Waals surface area contributed by atoms with Crippen LogP contribution in [0.1, 0.15) is 18.0 Å². The number of nitrogens with one attached hydrogen (secondary N) is 1. The van der Waals surface area contributed by atoms with Crippen molar-refractivity contribution in [3.63, 3.8) is 0 Å². The third-order valence-electron chi connectivity index (χ3n) is 4.21. The molecular formula is C17H14F5N3O2S. The quantitative estimate of drug-likeness (QED) is 0.767. The van der Waals surface area contributed by atoms with Gasteiger partial charge in [-0.1, -0.05) is 18.2 Å². The van der Waals surface area contributed by atoms with Crippen LogP contribution in [-0.2, 0) is 9.84 Å². The van der Waals surface area contributed by atoms with Gasteiger partial charge in [0.15, 0.2) is 14.9 Å². The Bertz CT molecular complexity index is 1020. The third-order valence-corrected chi connectivity index (χ3v) is 5.21. The van der Waals surface area contributed by atoms with E-state index in [1.54, 1.807) is 24.3 Å². The fourth-order valence-corrected chi connectivity index (χ4v) is 3.26. The van der Waals surface area contributed by atoms with E-state index in [4.69, 9.17) is 0 Å². The third kappa shape index (κ3) is 3.84. The normalized spacial score (nSPS) is 17.9. The summed E-state index contributed by atoms with van der Waals surface area (Å²) in [6.07, 6.45) is -3.94. The Morgan fingerprint density at radius 2 is 1.79 bits per heavy atom. The van der Waals surface area contributed by atoms with E-state index in [0.717, 1.165) is 6.26 Å². The van der Waals surface area contributed by atoms with Crippen molar-refractivity contribution in [2.75, 3.05) is 6.26 Å². The minimum absolute atomic E-state index is 0.0997. The van der Waals surface area contributed by atoms with Gasteiger partial charge in [-0.15, -0.1) is 0 Å². The highest BCUT2D eigenvalue weighted by Crippen LogP contribution is 2.40. The van der Waals surface area contributed by atoms with Gasteiger partial charge in [0.05, 0.1) is 6.04 Å². The van der Waals surface area contributed by atoms with E-state index < -0.39 is 40.1 Å². The van der Waals surface area contributed by atoms with Crippen LogP contribution in [0.25, 0.3) is 11.1 Å². The van der Waals surface area contributed by atoms with Gasteiger partial charge in [-0.2, -0.15) is 27.1 Å². The van der Waals surface area contributed by atoms with Crippen molar-refractivity contribution in [1.29, 1.82) is 0 Å². The molecule has 0 amide bonds. The average molecular weight is 419 g/mol. The lowest BCUT2D eigenvalue weighted by Gasteiger charge is -2.19. The molecule has 0 aliphatic carbocycles. The Morgan fingerprint density at radius 1 is 1.07 bits per heavy atom. The van der Waals surface area contributed by atoms with E-state index in [1.807, 2.05) is 0 Å². The second kappa shape index (κ2) is 6.80. The van der Waals surface area contributed by atoms with Crippen molar-refractivity contribution in [3.8, 4) is 11.1 Å². The van der Waals surface area contributed by atoms with Crippen LogP contribution in [0.15, 0.2) is 52.7 Å². The van der Waals surface area contributed by atoms with Crippen molar-refractivity contribution < 1.29 is 30.4 Å². The largest absolute Gasteiger partial charge is 0.459 e. The van der Waals surface area contributed by atoms with Gasteiger partial charge in [0.2, 0.25) is 0 Å². The highest BCUT2D eigenvalue weighted by molar-refractivity contribution is 7.90. The van der Waals surface area contributed by atoms with Crippen molar-refractivity contribution in [2.24, 2.45) is 5.10 Å². The van der Waals surface area contributed by atoms with Crippen LogP contribution >= 0.6 is 0 Å². The zero-order valence-electron chi connectivity index (χ0n) is 14.3. The molecular weight excluding hydrogens is 405 g/mol. The lowest BCUT2D eigenvalue weighted by molar-refractivity contribution is -0.249. The van der Waals surface area contributed by atoms with E-state index in [0.29, 0.717) is 16.7 Å². The summed E-state index contributed by atoms with van der Waals surface area (Å²) in [5.41, 5.74) is 2.68. The summed E-state index contributed by atoms with van der Waals surface area (Å²) < 4.78 is 87.4. The number of benzene rings is 1. The maximum Gasteiger partial charge on any atom is 0.459 e. The second-order valence-corrected chi connectivity index (χ2v) is 8.26. The Morgan fingerprint density at radius 3 is 2.36 bits per heavy atom. The van der Waals surface area contributed by atoms with Crippen LogP contribution in [0.5, 0.6) is 0 Å². The van der Waals surface area contributed by atoms with E-state index in [9.17, 15) is 30.4 Å². The minimum Gasteiger partial charge on any atom is -0.302 e. The fraction of sp³-hybridized carbons (Fsp3) is 0.294. The number of rotatable bonds is 4. The lowest BCUT2D eigenvalue weighted by Crippen LogP contribution is -2.43. The highest BCUT2D eigenvalue weighted by Gasteiger charge is 2.62. The summed E-state index contributed by atoms with van der Waals surface area (Å²) in [4.78, 5) is 3.87. The molecule has 1 aliphatic heterocycles. The van der Waals surface area contributed by atoms with Crippen molar-refractivity contribution in [1.82, 2.24) is 10.4 Å². The van der Waals surface area contributed by atoms with E-state index >= 15 is 0 Å². The number of hydrazone groups is 1. The van der Waals surface area contributed by atoms with Crippen LogP contribution in [0.3, 0.4) is 0 Å². The summed E-state index contributed by atoms with van der Waals surface area (Å²) in [6.45, 7) is 0. The summed E-state index contributed by atoms with van der Waals surface area (Å²) in [6, 6.07) is 8.48. The minimum atomic E-state index is -5.71. The fourth-order valence-electron chi connectivity index (χ4n) is 2.70. The molecule has 1 aliphatic rings. The van der Waals surface area contributed by atoms with Crippen LogP contribution < -0.4 is 5.43 Å². The molecule has 150 valence electrons. The number of hydrogen-bond donors (Lipinski definition) is 1. The Balaban J connectivity index is 1.82. The monoisotopic (exact) mass is 419 g/mol. The smallest absolute Gasteiger partial charge is 0.302 e. The van der Waals surface area contributed by atoms with Crippen molar-refractivity contribution in [3.05, 3.63) is 48.2 Å². The summed E-state index contributed by atoms with van der Waals surface area (Å²) in [5.74, 6) is -5.00. The van der Waals surface area contributed by atoms with Gasteiger partial charge >= 0.3 is 12.1 Å². The maximum atomic E-state index is 13.5. The Hall–Kier alpha value is -2.56. The predicted molar refractivity (Wildman–Crippen MR) is 91.7 cm³/mol. The van der Waals surface area contributed by atoms with E-state index in [2.05, 4.69) is 15.5 Å². The van der Waals surface area contributed by atoms with Gasteiger partial charge in [-0.05, 0) is 29.3 Å². The molecule has 0 fully saturated rings. The van der Waals surface area contributed by atoms with Crippen LogP contribution in [0.2, 0.25) is 0 Å². The molecule has 0 saturated carbocycles. The van der Waals surface area contributed by atoms with Gasteiger partial charge in [0.25, 0.3) is 0 Å². The summed E-state index contributed by atoms with van der Waals surface area (Å²) >= 11 is 0. The molecule has 0 bridgehead atoms. The molecule has 3 rings (SSSR count). The highest BCUT2D eigenvalue weighted by atomic mass is 32.2. The van der Waals surface area contributed by atoms with Gasteiger partial charge in [-0.25, -0.2) is 13.4 Å². The van der Waals surface area contributed by atoms with Gasteiger partial charge < -0.3 is 5.43 Å². The van der Waals surface area contributed by atoms with Crippen molar-refractivity contribution >= 4 is 15.5 Å². The van der Waals surface area contributed by atoms with Crippen LogP contribution in [0.4, 0.5) is 22.0 Å². The molecule has 1 aromatic heterocycles. The van der Waals surface area contributed by atoms with Crippen LogP contribution in [0, 0.1) is 0 Å². The molecule has 1 atom stereocenters. The predicted octanol–water partition coefficient (Wildman–Crippen LogP) is 3.74. The van der Waals surface area contributed by atoms with Crippen molar-refractivity contribution in [2.45, 2.75) is 29.6 Å². The molecule has 0 spiro atoms. The molecule has 0 saturated heterocycles. The molecule has 11 heteroatoms. The summed E-state index contributed by atoms with van der Waals surface area (Å²) in [7, 11) is -3.45. The number of halogens is 5. The number of sulfone groups is 1. The van der Waals surface area contributed by atoms with E-state index in [-0.39, 0.29) is 5.03 Å². The molecule has 2 aromatic rings. The van der Waals surface area contributed by atoms with E-state index in [1.165, 1.54) is 18.3 Å². The standard InChI is InChI=1S/C17H14F5N3O2S/c1-28(26,27)15-6-5-12(9-23-15)10-3-2-4-11(7-10)13-8-14(25-24-13)16(18,19)17(20,21)22/h2-7,9,13,24H,8H2,1H3.